The van der Waals surface area contributed by atoms with Crippen LogP contribution in [0.2, 0.25) is 0 Å². The van der Waals surface area contributed by atoms with Gasteiger partial charge < -0.3 is 20.5 Å². The number of carboxylic acid groups (broad SMARTS) is 1. The Morgan fingerprint density at radius 1 is 1.40 bits per heavy atom. The molecule has 3 atom stereocenters. The van der Waals surface area contributed by atoms with Crippen LogP contribution < -0.4 is 10.5 Å². The van der Waals surface area contributed by atoms with Gasteiger partial charge in [-0.05, 0) is 12.5 Å². The fourth-order valence-corrected chi connectivity index (χ4v) is 3.42. The molecule has 1 aromatic carbocycles. The van der Waals surface area contributed by atoms with Gasteiger partial charge in [0.2, 0.25) is 5.91 Å². The number of carbonyl (C=O) groups is 3. The largest absolute Gasteiger partial charge is 0.481 e. The first-order valence-electron chi connectivity index (χ1n) is 8.13. The van der Waals surface area contributed by atoms with Crippen molar-refractivity contribution in [1.29, 1.82) is 0 Å². The van der Waals surface area contributed by atoms with Crippen molar-refractivity contribution in [2.75, 3.05) is 7.05 Å². The molecule has 136 valence electrons. The van der Waals surface area contributed by atoms with Crippen LogP contribution in [-0.2, 0) is 19.8 Å². The zero-order valence-corrected chi connectivity index (χ0v) is 14.6. The Bertz CT molecular complexity index is 673. The number of nitrogens with two attached hydrogens (primary N) is 1. The van der Waals surface area contributed by atoms with Gasteiger partial charge in [-0.3, -0.25) is 14.4 Å². The molecule has 1 amide bonds. The van der Waals surface area contributed by atoms with Crippen LogP contribution in [0.25, 0.3) is 0 Å². The molecule has 7 heteroatoms. The van der Waals surface area contributed by atoms with Crippen molar-refractivity contribution < 1.29 is 24.2 Å². The molecule has 0 saturated heterocycles. The van der Waals surface area contributed by atoms with E-state index in [-0.39, 0.29) is 18.4 Å². The van der Waals surface area contributed by atoms with E-state index in [0.29, 0.717) is 18.6 Å². The molecule has 0 aromatic heterocycles. The van der Waals surface area contributed by atoms with Gasteiger partial charge >= 0.3 is 5.97 Å². The highest BCUT2D eigenvalue weighted by atomic mass is 16.5. The Hall–Kier alpha value is -2.41. The Balaban J connectivity index is 2.16. The molecule has 1 saturated carbocycles. The highest BCUT2D eigenvalue weighted by molar-refractivity contribution is 5.80. The number of para-hydroxylation sites is 1. The fraction of sp³-hybridized carbons (Fsp3) is 0.500. The summed E-state index contributed by atoms with van der Waals surface area (Å²) < 4.78 is 5.01. The molecule has 0 aliphatic heterocycles. The molecule has 25 heavy (non-hydrogen) atoms. The third-order valence-corrected chi connectivity index (χ3v) is 4.92. The van der Waals surface area contributed by atoms with Gasteiger partial charge in [0.25, 0.3) is 6.47 Å². The van der Waals surface area contributed by atoms with Crippen molar-refractivity contribution in [2.24, 2.45) is 11.7 Å². The maximum absolute atomic E-state index is 12.7. The molecule has 3 unspecified atom stereocenters. The number of carbonyl (C=O) groups excluding carboxylic acids is 2. The second kappa shape index (κ2) is 7.23. The molecule has 0 radical (unpaired) electrons. The highest BCUT2D eigenvalue weighted by Crippen LogP contribution is 2.36. The molecule has 0 heterocycles. The smallest absolute Gasteiger partial charge is 0.308 e. The fourth-order valence-electron chi connectivity index (χ4n) is 3.42. The average Bonchev–Trinajstić information content (AvgIpc) is 2.52. The van der Waals surface area contributed by atoms with E-state index in [9.17, 15) is 19.5 Å². The Labute approximate surface area is 146 Å². The minimum Gasteiger partial charge on any atom is -0.481 e. The third-order valence-electron chi connectivity index (χ3n) is 4.92. The Morgan fingerprint density at radius 2 is 2.04 bits per heavy atom. The van der Waals surface area contributed by atoms with Gasteiger partial charge in [-0.1, -0.05) is 32.0 Å². The molecular formula is C18H24N2O5. The van der Waals surface area contributed by atoms with Crippen molar-refractivity contribution in [2.45, 2.75) is 44.2 Å². The molecule has 3 N–H and O–H groups in total. The van der Waals surface area contributed by atoms with Crippen molar-refractivity contribution in [1.82, 2.24) is 4.90 Å². The van der Waals surface area contributed by atoms with E-state index >= 15 is 0 Å². The lowest BCUT2D eigenvalue weighted by molar-refractivity contribution is -0.153. The molecular weight excluding hydrogens is 324 g/mol. The number of nitrogens with zero attached hydrogens (tertiary/aromatic N) is 1. The van der Waals surface area contributed by atoms with Crippen molar-refractivity contribution >= 4 is 18.3 Å². The topological polar surface area (TPSA) is 110 Å². The normalized spacial score (nSPS) is 22.6. The molecule has 1 aliphatic carbocycles. The van der Waals surface area contributed by atoms with Crippen LogP contribution in [0, 0.1) is 5.92 Å². The summed E-state index contributed by atoms with van der Waals surface area (Å²) in [6.07, 6.45) is 0.509. The number of aliphatic carboxylic acids is 1. The monoisotopic (exact) mass is 348 g/mol. The van der Waals surface area contributed by atoms with Crippen LogP contribution in [0.4, 0.5) is 0 Å². The predicted octanol–water partition coefficient (Wildman–Crippen LogP) is 1.15. The number of likely N-dealkylation sites (N-methyl/N-ethyl adjacent to an activating group) is 1. The van der Waals surface area contributed by atoms with Crippen LogP contribution in [0.3, 0.4) is 0 Å². The Morgan fingerprint density at radius 3 is 2.60 bits per heavy atom. The van der Waals surface area contributed by atoms with Gasteiger partial charge in [-0.2, -0.15) is 0 Å². The summed E-state index contributed by atoms with van der Waals surface area (Å²) in [6.45, 7) is 4.11. The molecule has 1 aromatic rings. The second-order valence-corrected chi connectivity index (χ2v) is 7.11. The summed E-state index contributed by atoms with van der Waals surface area (Å²) in [7, 11) is 1.59. The minimum absolute atomic E-state index is 0.137. The summed E-state index contributed by atoms with van der Waals surface area (Å²) in [5, 5.41) is 9.22. The first-order valence-corrected chi connectivity index (χ1v) is 8.13. The number of amides is 1. The van der Waals surface area contributed by atoms with Crippen LogP contribution in [0.5, 0.6) is 5.75 Å². The second-order valence-electron chi connectivity index (χ2n) is 7.11. The molecule has 7 nitrogen and oxygen atoms in total. The summed E-state index contributed by atoms with van der Waals surface area (Å²) in [5.74, 6) is -1.35. The van der Waals surface area contributed by atoms with Gasteiger partial charge in [-0.15, -0.1) is 0 Å². The zero-order valence-electron chi connectivity index (χ0n) is 14.6. The predicted molar refractivity (Wildman–Crippen MR) is 91.1 cm³/mol. The van der Waals surface area contributed by atoms with E-state index in [1.807, 2.05) is 19.9 Å². The molecule has 1 aliphatic rings. The standard InChI is InChI=1S/C18H24N2O5/c1-18(2,12-6-4-5-7-14(12)25-10-21)9-15(22)20(3)16-11(17(23)24)8-13(16)19/h4-7,10-11,13,16H,8-9,19H2,1-3H3,(H,23,24). The van der Waals surface area contributed by atoms with E-state index < -0.39 is 23.3 Å². The summed E-state index contributed by atoms with van der Waals surface area (Å²) in [5.41, 5.74) is 6.05. The Kier molecular flexibility index (Phi) is 5.47. The van der Waals surface area contributed by atoms with E-state index in [1.165, 1.54) is 4.90 Å². The number of carboxylic acids is 1. The average molecular weight is 348 g/mol. The van der Waals surface area contributed by atoms with E-state index in [2.05, 4.69) is 0 Å². The van der Waals surface area contributed by atoms with E-state index in [1.54, 1.807) is 25.2 Å². The number of hydrogen-bond donors (Lipinski definition) is 2. The third kappa shape index (κ3) is 3.82. The number of hydrogen-bond acceptors (Lipinski definition) is 5. The highest BCUT2D eigenvalue weighted by Gasteiger charge is 2.47. The van der Waals surface area contributed by atoms with Crippen LogP contribution in [0.15, 0.2) is 24.3 Å². The molecule has 0 spiro atoms. The maximum atomic E-state index is 12.7. The summed E-state index contributed by atoms with van der Waals surface area (Å²) in [6, 6.07) is 6.21. The van der Waals surface area contributed by atoms with Crippen LogP contribution in [0.1, 0.15) is 32.3 Å². The van der Waals surface area contributed by atoms with Crippen LogP contribution >= 0.6 is 0 Å². The first-order chi connectivity index (χ1) is 11.7. The quantitative estimate of drug-likeness (QED) is 0.715. The number of rotatable bonds is 7. The molecule has 0 bridgehead atoms. The van der Waals surface area contributed by atoms with Crippen molar-refractivity contribution in [3.63, 3.8) is 0 Å². The molecule has 1 fully saturated rings. The zero-order chi connectivity index (χ0) is 18.8. The number of ether oxygens (including phenoxy) is 1. The van der Waals surface area contributed by atoms with Gasteiger partial charge in [0, 0.05) is 30.5 Å². The minimum atomic E-state index is -0.935. The SMILES string of the molecule is CN(C(=O)CC(C)(C)c1ccccc1OC=O)C1C(N)CC1C(=O)O. The van der Waals surface area contributed by atoms with Gasteiger partial charge in [0.05, 0.1) is 12.0 Å². The van der Waals surface area contributed by atoms with Gasteiger partial charge in [0.15, 0.2) is 0 Å². The molecule has 2 rings (SSSR count). The lowest BCUT2D eigenvalue weighted by Gasteiger charge is -2.46. The van der Waals surface area contributed by atoms with Gasteiger partial charge in [0.1, 0.15) is 5.75 Å². The number of benzene rings is 1. The lowest BCUT2D eigenvalue weighted by Crippen LogP contribution is -2.63. The van der Waals surface area contributed by atoms with Gasteiger partial charge in [-0.25, -0.2) is 0 Å². The van der Waals surface area contributed by atoms with Crippen LogP contribution in [-0.4, -0.2) is 47.5 Å². The summed E-state index contributed by atoms with van der Waals surface area (Å²) in [4.78, 5) is 36.1. The lowest BCUT2D eigenvalue weighted by atomic mass is 9.73. The van der Waals surface area contributed by atoms with E-state index in [0.717, 1.165) is 5.56 Å². The van der Waals surface area contributed by atoms with Crippen molar-refractivity contribution in [3.8, 4) is 5.75 Å². The maximum Gasteiger partial charge on any atom is 0.308 e. The van der Waals surface area contributed by atoms with E-state index in [4.69, 9.17) is 10.5 Å². The van der Waals surface area contributed by atoms with Crippen molar-refractivity contribution in [3.05, 3.63) is 29.8 Å². The summed E-state index contributed by atoms with van der Waals surface area (Å²) >= 11 is 0. The first kappa shape index (κ1) is 18.9.